The van der Waals surface area contributed by atoms with Crippen LogP contribution >= 0.6 is 11.8 Å². The average molecular weight is 305 g/mol. The predicted octanol–water partition coefficient (Wildman–Crippen LogP) is 2.34. The zero-order valence-corrected chi connectivity index (χ0v) is 13.7. The summed E-state index contributed by atoms with van der Waals surface area (Å²) in [4.78, 5) is 4.07. The molecule has 0 atom stereocenters. The van der Waals surface area contributed by atoms with Crippen molar-refractivity contribution in [1.29, 1.82) is 0 Å². The first-order chi connectivity index (χ1) is 9.26. The molecule has 0 amide bonds. The Labute approximate surface area is 120 Å². The van der Waals surface area contributed by atoms with E-state index in [9.17, 15) is 0 Å². The van der Waals surface area contributed by atoms with E-state index in [1.54, 1.807) is 11.8 Å². The smallest absolute Gasteiger partial charge is 0.374 e. The van der Waals surface area contributed by atoms with E-state index in [0.717, 1.165) is 23.4 Å². The molecular formula is C11H23N3O3SSi. The number of rotatable bonds is 11. The zero-order chi connectivity index (χ0) is 14.0. The molecule has 1 heterocycles. The molecule has 0 bridgehead atoms. The highest BCUT2D eigenvalue weighted by atomic mass is 32.2. The first-order valence-corrected chi connectivity index (χ1v) is 9.58. The zero-order valence-electron chi connectivity index (χ0n) is 11.8. The van der Waals surface area contributed by atoms with Gasteiger partial charge in [-0.25, -0.2) is 4.98 Å². The van der Waals surface area contributed by atoms with Gasteiger partial charge in [0.15, 0.2) is 5.16 Å². The van der Waals surface area contributed by atoms with Crippen molar-refractivity contribution in [2.24, 2.45) is 0 Å². The molecule has 110 valence electrons. The highest BCUT2D eigenvalue weighted by Crippen LogP contribution is 2.21. The molecule has 0 aromatic carbocycles. The Morgan fingerprint density at radius 3 is 2.26 bits per heavy atom. The van der Waals surface area contributed by atoms with Crippen molar-refractivity contribution in [1.82, 2.24) is 15.2 Å². The van der Waals surface area contributed by atoms with Gasteiger partial charge in [-0.05, 0) is 27.2 Å². The third-order valence-corrected chi connectivity index (χ3v) is 6.47. The summed E-state index contributed by atoms with van der Waals surface area (Å²) < 4.78 is 17.4. The molecule has 0 aliphatic rings. The second-order valence-electron chi connectivity index (χ2n) is 3.72. The second kappa shape index (κ2) is 9.48. The number of nitrogens with one attached hydrogen (secondary N) is 1. The van der Waals surface area contributed by atoms with Crippen LogP contribution in [0.1, 0.15) is 27.2 Å². The van der Waals surface area contributed by atoms with Gasteiger partial charge in [0.1, 0.15) is 6.33 Å². The number of hydrogen-bond donors (Lipinski definition) is 1. The molecular weight excluding hydrogens is 282 g/mol. The molecule has 19 heavy (non-hydrogen) atoms. The standard InChI is InChI=1S/C11H23N3O3SSi/c1-4-15-19(16-5-2,17-6-3)9-7-8-18-11-12-10-13-14-11/h10H,4-9H2,1-3H3,(H,12,13,14). The number of aromatic amines is 1. The molecule has 0 aliphatic carbocycles. The highest BCUT2D eigenvalue weighted by molar-refractivity contribution is 7.99. The number of hydrogen-bond acceptors (Lipinski definition) is 6. The number of H-pyrrole nitrogens is 1. The van der Waals surface area contributed by atoms with Gasteiger partial charge in [-0.1, -0.05) is 11.8 Å². The lowest BCUT2D eigenvalue weighted by molar-refractivity contribution is 0.0712. The maximum Gasteiger partial charge on any atom is 0.500 e. The monoisotopic (exact) mass is 305 g/mol. The van der Waals surface area contributed by atoms with Gasteiger partial charge in [0.2, 0.25) is 0 Å². The molecule has 1 N–H and O–H groups in total. The van der Waals surface area contributed by atoms with Gasteiger partial charge in [-0.15, -0.1) is 0 Å². The molecule has 8 heteroatoms. The SMILES string of the molecule is CCO[Si](CCCSc1ncn[nH]1)(OCC)OCC. The van der Waals surface area contributed by atoms with Crippen molar-refractivity contribution in [3.05, 3.63) is 6.33 Å². The Morgan fingerprint density at radius 1 is 1.16 bits per heavy atom. The van der Waals surface area contributed by atoms with Crippen molar-refractivity contribution in [3.63, 3.8) is 0 Å². The summed E-state index contributed by atoms with van der Waals surface area (Å²) in [6.07, 6.45) is 2.49. The molecule has 0 saturated carbocycles. The highest BCUT2D eigenvalue weighted by Gasteiger charge is 2.39. The molecule has 0 aliphatic heterocycles. The van der Waals surface area contributed by atoms with E-state index in [2.05, 4.69) is 15.2 Å². The van der Waals surface area contributed by atoms with Crippen LogP contribution in [0.2, 0.25) is 6.04 Å². The Balaban J connectivity index is 2.37. The summed E-state index contributed by atoms with van der Waals surface area (Å²) in [7, 11) is -2.48. The summed E-state index contributed by atoms with van der Waals surface area (Å²) in [6, 6.07) is 0.837. The largest absolute Gasteiger partial charge is 0.500 e. The van der Waals surface area contributed by atoms with Crippen LogP contribution in [-0.4, -0.2) is 49.6 Å². The van der Waals surface area contributed by atoms with Crippen molar-refractivity contribution in [2.75, 3.05) is 25.6 Å². The third-order valence-electron chi connectivity index (χ3n) is 2.35. The molecule has 0 unspecified atom stereocenters. The summed E-state index contributed by atoms with van der Waals surface area (Å²) in [5, 5.41) is 7.49. The quantitative estimate of drug-likeness (QED) is 0.384. The van der Waals surface area contributed by atoms with Crippen molar-refractivity contribution in [2.45, 2.75) is 38.4 Å². The molecule has 0 saturated heterocycles. The van der Waals surface area contributed by atoms with E-state index < -0.39 is 8.80 Å². The number of aromatic nitrogens is 3. The van der Waals surface area contributed by atoms with Gasteiger partial charge >= 0.3 is 8.80 Å². The van der Waals surface area contributed by atoms with E-state index in [4.69, 9.17) is 13.3 Å². The maximum atomic E-state index is 5.80. The molecule has 0 spiro atoms. The van der Waals surface area contributed by atoms with E-state index in [0.29, 0.717) is 19.8 Å². The van der Waals surface area contributed by atoms with Gasteiger partial charge in [-0.3, -0.25) is 5.10 Å². The lowest BCUT2D eigenvalue weighted by Gasteiger charge is -2.28. The Morgan fingerprint density at radius 2 is 1.79 bits per heavy atom. The molecule has 1 aromatic heterocycles. The first-order valence-electron chi connectivity index (χ1n) is 6.66. The van der Waals surface area contributed by atoms with Gasteiger partial charge in [0.05, 0.1) is 0 Å². The lowest BCUT2D eigenvalue weighted by Crippen LogP contribution is -2.46. The van der Waals surface area contributed by atoms with E-state index in [-0.39, 0.29) is 0 Å². The first kappa shape index (κ1) is 16.6. The van der Waals surface area contributed by atoms with Crippen LogP contribution in [0.3, 0.4) is 0 Å². The van der Waals surface area contributed by atoms with Crippen LogP contribution in [-0.2, 0) is 13.3 Å². The molecule has 0 radical (unpaired) electrons. The third kappa shape index (κ3) is 6.04. The van der Waals surface area contributed by atoms with Crippen LogP contribution in [0.4, 0.5) is 0 Å². The number of thioether (sulfide) groups is 1. The van der Waals surface area contributed by atoms with Gasteiger partial charge in [0.25, 0.3) is 0 Å². The summed E-state index contributed by atoms with van der Waals surface area (Å²) in [6.45, 7) is 7.81. The maximum absolute atomic E-state index is 5.80. The van der Waals surface area contributed by atoms with E-state index in [1.165, 1.54) is 6.33 Å². The fourth-order valence-electron chi connectivity index (χ4n) is 1.72. The summed E-state index contributed by atoms with van der Waals surface area (Å²) in [5.74, 6) is 0.942. The minimum absolute atomic E-state index is 0.626. The van der Waals surface area contributed by atoms with Crippen molar-refractivity contribution in [3.8, 4) is 0 Å². The minimum Gasteiger partial charge on any atom is -0.374 e. The topological polar surface area (TPSA) is 69.3 Å². The average Bonchev–Trinajstić information content (AvgIpc) is 2.89. The van der Waals surface area contributed by atoms with Gasteiger partial charge in [0, 0.05) is 31.6 Å². The Kier molecular flexibility index (Phi) is 8.31. The fourth-order valence-corrected chi connectivity index (χ4v) is 5.31. The Hall–Kier alpha value is -0.413. The van der Waals surface area contributed by atoms with Crippen LogP contribution in [0, 0.1) is 0 Å². The van der Waals surface area contributed by atoms with Crippen LogP contribution < -0.4 is 0 Å². The molecule has 1 rings (SSSR count). The molecule has 1 aromatic rings. The molecule has 6 nitrogen and oxygen atoms in total. The van der Waals surface area contributed by atoms with Crippen LogP contribution in [0.5, 0.6) is 0 Å². The normalized spacial score (nSPS) is 11.9. The summed E-state index contributed by atoms with van der Waals surface area (Å²) in [5.41, 5.74) is 0. The minimum atomic E-state index is -2.48. The van der Waals surface area contributed by atoms with Crippen molar-refractivity contribution >= 4 is 20.6 Å². The lowest BCUT2D eigenvalue weighted by atomic mass is 10.6. The van der Waals surface area contributed by atoms with E-state index in [1.807, 2.05) is 20.8 Å². The van der Waals surface area contributed by atoms with Crippen LogP contribution in [0.25, 0.3) is 0 Å². The molecule has 0 fully saturated rings. The Bertz CT molecular complexity index is 310. The van der Waals surface area contributed by atoms with Gasteiger partial charge < -0.3 is 13.3 Å². The van der Waals surface area contributed by atoms with Gasteiger partial charge in [-0.2, -0.15) is 5.10 Å². The number of nitrogens with zero attached hydrogens (tertiary/aromatic N) is 2. The second-order valence-corrected chi connectivity index (χ2v) is 7.54. The van der Waals surface area contributed by atoms with Crippen molar-refractivity contribution < 1.29 is 13.3 Å². The predicted molar refractivity (Wildman–Crippen MR) is 77.2 cm³/mol. The van der Waals surface area contributed by atoms with E-state index >= 15 is 0 Å². The van der Waals surface area contributed by atoms with Crippen LogP contribution in [0.15, 0.2) is 11.5 Å². The fraction of sp³-hybridized carbons (Fsp3) is 0.818. The summed E-state index contributed by atoms with van der Waals surface area (Å²) >= 11 is 1.65.